The van der Waals surface area contributed by atoms with Gasteiger partial charge in [-0.05, 0) is 19.9 Å². The van der Waals surface area contributed by atoms with E-state index in [2.05, 4.69) is 5.32 Å². The van der Waals surface area contributed by atoms with Gasteiger partial charge in [-0.3, -0.25) is 14.9 Å². The van der Waals surface area contributed by atoms with E-state index < -0.39 is 33.6 Å². The fourth-order valence-electron chi connectivity index (χ4n) is 1.39. The largest absolute Gasteiger partial charge is 0.325 e. The van der Waals surface area contributed by atoms with Crippen molar-refractivity contribution in [3.63, 3.8) is 0 Å². The van der Waals surface area contributed by atoms with Gasteiger partial charge in [0.15, 0.2) is 11.5 Å². The summed E-state index contributed by atoms with van der Waals surface area (Å²) in [6, 6.07) is 3.36. The molecule has 1 aromatic carbocycles. The summed E-state index contributed by atoms with van der Waals surface area (Å²) < 4.78 is 13.5. The lowest BCUT2D eigenvalue weighted by Crippen LogP contribution is -2.36. The van der Waals surface area contributed by atoms with Crippen molar-refractivity contribution in [1.29, 1.82) is 0 Å². The molecule has 7 heteroatoms. The summed E-state index contributed by atoms with van der Waals surface area (Å²) in [5.74, 6) is -1.43. The van der Waals surface area contributed by atoms with Gasteiger partial charge in [-0.15, -0.1) is 0 Å². The van der Waals surface area contributed by atoms with Crippen LogP contribution in [0, 0.1) is 15.9 Å². The van der Waals surface area contributed by atoms with E-state index in [9.17, 15) is 19.3 Å². The van der Waals surface area contributed by atoms with Crippen LogP contribution in [0.5, 0.6) is 0 Å². The number of nitrogens with zero attached hydrogens (tertiary/aromatic N) is 1. The molecule has 0 aliphatic rings. The van der Waals surface area contributed by atoms with Crippen molar-refractivity contribution in [2.45, 2.75) is 25.8 Å². The SMILES string of the molecule is CC(C)(N)CC(=O)Nc1c(F)cccc1[N+](=O)[O-]. The van der Waals surface area contributed by atoms with Gasteiger partial charge < -0.3 is 11.1 Å². The third kappa shape index (κ3) is 3.77. The number of nitro groups is 1. The molecule has 18 heavy (non-hydrogen) atoms. The number of para-hydroxylation sites is 1. The maximum absolute atomic E-state index is 13.5. The van der Waals surface area contributed by atoms with E-state index in [1.165, 1.54) is 6.07 Å². The molecule has 0 fully saturated rings. The van der Waals surface area contributed by atoms with Gasteiger partial charge in [0, 0.05) is 18.0 Å². The minimum absolute atomic E-state index is 0.0709. The van der Waals surface area contributed by atoms with Crippen LogP contribution in [0.3, 0.4) is 0 Å². The Labute approximate surface area is 103 Å². The van der Waals surface area contributed by atoms with Gasteiger partial charge in [0.05, 0.1) is 4.92 Å². The summed E-state index contributed by atoms with van der Waals surface area (Å²) in [5, 5.41) is 12.9. The lowest BCUT2D eigenvalue weighted by atomic mass is 10.0. The summed E-state index contributed by atoms with van der Waals surface area (Å²) in [4.78, 5) is 21.5. The Morgan fingerprint density at radius 2 is 2.17 bits per heavy atom. The van der Waals surface area contributed by atoms with Gasteiger partial charge in [0.1, 0.15) is 0 Å². The molecule has 0 saturated carbocycles. The Morgan fingerprint density at radius 1 is 1.56 bits per heavy atom. The van der Waals surface area contributed by atoms with Gasteiger partial charge in [0.2, 0.25) is 5.91 Å². The van der Waals surface area contributed by atoms with Crippen molar-refractivity contribution in [2.24, 2.45) is 5.73 Å². The Morgan fingerprint density at radius 3 is 2.67 bits per heavy atom. The molecule has 3 N–H and O–H groups in total. The van der Waals surface area contributed by atoms with Crippen LogP contribution in [0.15, 0.2) is 18.2 Å². The van der Waals surface area contributed by atoms with Gasteiger partial charge in [-0.1, -0.05) is 6.07 Å². The molecule has 0 heterocycles. The standard InChI is InChI=1S/C11H14FN3O3/c1-11(2,13)6-9(16)14-10-7(12)4-3-5-8(10)15(17)18/h3-5H,6,13H2,1-2H3,(H,14,16). The number of anilines is 1. The van der Waals surface area contributed by atoms with E-state index >= 15 is 0 Å². The minimum Gasteiger partial charge on any atom is -0.325 e. The first-order chi connectivity index (χ1) is 8.20. The summed E-state index contributed by atoms with van der Waals surface area (Å²) in [7, 11) is 0. The fourth-order valence-corrected chi connectivity index (χ4v) is 1.39. The van der Waals surface area contributed by atoms with Crippen molar-refractivity contribution >= 4 is 17.3 Å². The van der Waals surface area contributed by atoms with E-state index in [-0.39, 0.29) is 6.42 Å². The van der Waals surface area contributed by atoms with E-state index in [0.717, 1.165) is 12.1 Å². The van der Waals surface area contributed by atoms with Crippen LogP contribution < -0.4 is 11.1 Å². The molecule has 0 unspecified atom stereocenters. The molecular weight excluding hydrogens is 241 g/mol. The minimum atomic E-state index is -0.854. The molecule has 98 valence electrons. The second kappa shape index (κ2) is 5.09. The highest BCUT2D eigenvalue weighted by Crippen LogP contribution is 2.27. The Kier molecular flexibility index (Phi) is 3.97. The van der Waals surface area contributed by atoms with Crippen molar-refractivity contribution < 1.29 is 14.1 Å². The molecule has 0 radical (unpaired) electrons. The first-order valence-corrected chi connectivity index (χ1v) is 5.22. The molecule has 1 rings (SSSR count). The van der Waals surface area contributed by atoms with Crippen LogP contribution in [0.25, 0.3) is 0 Å². The van der Waals surface area contributed by atoms with Gasteiger partial charge in [-0.2, -0.15) is 0 Å². The Balaban J connectivity index is 2.97. The third-order valence-corrected chi connectivity index (χ3v) is 2.07. The first kappa shape index (κ1) is 14.0. The molecule has 0 aromatic heterocycles. The molecule has 0 atom stereocenters. The molecule has 1 aromatic rings. The topological polar surface area (TPSA) is 98.3 Å². The molecule has 0 bridgehead atoms. The maximum atomic E-state index is 13.5. The van der Waals surface area contributed by atoms with Gasteiger partial charge >= 0.3 is 0 Å². The average Bonchev–Trinajstić information content (AvgIpc) is 2.17. The molecule has 0 saturated heterocycles. The lowest BCUT2D eigenvalue weighted by Gasteiger charge is -2.17. The van der Waals surface area contributed by atoms with Crippen LogP contribution in [-0.4, -0.2) is 16.4 Å². The fraction of sp³-hybridized carbons (Fsp3) is 0.364. The van der Waals surface area contributed by atoms with Crippen LogP contribution >= 0.6 is 0 Å². The highest BCUT2D eigenvalue weighted by Gasteiger charge is 2.22. The maximum Gasteiger partial charge on any atom is 0.295 e. The summed E-state index contributed by atoms with van der Waals surface area (Å²) in [5.41, 5.74) is 3.94. The molecule has 0 spiro atoms. The zero-order valence-corrected chi connectivity index (χ0v) is 10.1. The second-order valence-corrected chi connectivity index (χ2v) is 4.60. The zero-order valence-electron chi connectivity index (χ0n) is 10.1. The smallest absolute Gasteiger partial charge is 0.295 e. The molecular formula is C11H14FN3O3. The van der Waals surface area contributed by atoms with Crippen molar-refractivity contribution in [3.8, 4) is 0 Å². The van der Waals surface area contributed by atoms with Crippen molar-refractivity contribution in [1.82, 2.24) is 0 Å². The number of nitro benzene ring substituents is 1. The molecule has 0 aliphatic heterocycles. The number of carbonyl (C=O) groups is 1. The normalized spacial score (nSPS) is 11.1. The second-order valence-electron chi connectivity index (χ2n) is 4.60. The van der Waals surface area contributed by atoms with Crippen LogP contribution in [0.2, 0.25) is 0 Å². The van der Waals surface area contributed by atoms with Crippen LogP contribution in [0.4, 0.5) is 15.8 Å². The predicted octanol–water partition coefficient (Wildman–Crippen LogP) is 1.80. The van der Waals surface area contributed by atoms with E-state index in [0.29, 0.717) is 0 Å². The van der Waals surface area contributed by atoms with Crippen molar-refractivity contribution in [2.75, 3.05) is 5.32 Å². The Hall–Kier alpha value is -2.02. The average molecular weight is 255 g/mol. The van der Waals surface area contributed by atoms with E-state index in [1.54, 1.807) is 13.8 Å². The molecule has 1 amide bonds. The summed E-state index contributed by atoms with van der Waals surface area (Å²) in [6.45, 7) is 3.25. The van der Waals surface area contributed by atoms with Gasteiger partial charge in [-0.25, -0.2) is 4.39 Å². The number of carbonyl (C=O) groups excluding carboxylic acids is 1. The van der Waals surface area contributed by atoms with E-state index in [1.807, 2.05) is 0 Å². The zero-order chi connectivity index (χ0) is 13.9. The number of nitrogens with one attached hydrogen (secondary N) is 1. The number of amides is 1. The number of hydrogen-bond acceptors (Lipinski definition) is 4. The van der Waals surface area contributed by atoms with Crippen molar-refractivity contribution in [3.05, 3.63) is 34.1 Å². The van der Waals surface area contributed by atoms with Crippen LogP contribution in [-0.2, 0) is 4.79 Å². The Bertz CT molecular complexity index is 483. The third-order valence-electron chi connectivity index (χ3n) is 2.07. The molecule has 0 aliphatic carbocycles. The predicted molar refractivity (Wildman–Crippen MR) is 64.6 cm³/mol. The number of hydrogen-bond donors (Lipinski definition) is 2. The number of nitrogens with two attached hydrogens (primary N) is 1. The highest BCUT2D eigenvalue weighted by atomic mass is 19.1. The summed E-state index contributed by atoms with van der Waals surface area (Å²) in [6.07, 6.45) is -0.0709. The number of rotatable bonds is 4. The van der Waals surface area contributed by atoms with E-state index in [4.69, 9.17) is 5.73 Å². The number of halogens is 1. The first-order valence-electron chi connectivity index (χ1n) is 5.22. The van der Waals surface area contributed by atoms with Gasteiger partial charge in [0.25, 0.3) is 5.69 Å². The molecule has 6 nitrogen and oxygen atoms in total. The number of benzene rings is 1. The van der Waals surface area contributed by atoms with Crippen LogP contribution in [0.1, 0.15) is 20.3 Å². The quantitative estimate of drug-likeness (QED) is 0.633. The highest BCUT2D eigenvalue weighted by molar-refractivity contribution is 5.93. The lowest BCUT2D eigenvalue weighted by molar-refractivity contribution is -0.384. The summed E-state index contributed by atoms with van der Waals surface area (Å²) >= 11 is 0. The monoisotopic (exact) mass is 255 g/mol.